The molecule has 2 aliphatic rings. The molecule has 1 atom stereocenters. The number of amides is 3. The molecule has 1 aliphatic carbocycles. The van der Waals surface area contributed by atoms with Gasteiger partial charge in [-0.3, -0.25) is 9.69 Å². The Morgan fingerprint density at radius 3 is 2.86 bits per heavy atom. The van der Waals surface area contributed by atoms with Gasteiger partial charge < -0.3 is 19.6 Å². The van der Waals surface area contributed by atoms with E-state index in [1.165, 1.54) is 0 Å². The molecule has 1 saturated carbocycles. The zero-order valence-electron chi connectivity index (χ0n) is 12.3. The van der Waals surface area contributed by atoms with Crippen LogP contribution in [0.1, 0.15) is 31.4 Å². The Morgan fingerprint density at radius 1 is 1.41 bits per heavy atom. The number of hydrogen-bond donors (Lipinski definition) is 2. The number of carbonyl (C=O) groups excluding carboxylic acids is 2. The van der Waals surface area contributed by atoms with E-state index in [1.807, 2.05) is 0 Å². The van der Waals surface area contributed by atoms with Gasteiger partial charge in [-0.2, -0.15) is 0 Å². The fraction of sp³-hybridized carbons (Fsp3) is 0.600. The molecule has 0 bridgehead atoms. The highest BCUT2D eigenvalue weighted by molar-refractivity contribution is 6.07. The van der Waals surface area contributed by atoms with Gasteiger partial charge in [0.25, 0.3) is 5.91 Å². The molecule has 22 heavy (non-hydrogen) atoms. The van der Waals surface area contributed by atoms with E-state index in [2.05, 4.69) is 5.32 Å². The number of carbonyl (C=O) groups is 2. The number of nitrogens with one attached hydrogen (secondary N) is 1. The molecule has 2 heterocycles. The molecule has 2 fully saturated rings. The van der Waals surface area contributed by atoms with Crippen molar-refractivity contribution in [3.8, 4) is 0 Å². The molecular weight excluding hydrogens is 288 g/mol. The van der Waals surface area contributed by atoms with Crippen molar-refractivity contribution < 1.29 is 23.8 Å². The first-order valence-electron chi connectivity index (χ1n) is 7.53. The van der Waals surface area contributed by atoms with Gasteiger partial charge >= 0.3 is 6.03 Å². The molecule has 7 nitrogen and oxygen atoms in total. The van der Waals surface area contributed by atoms with Crippen molar-refractivity contribution in [1.29, 1.82) is 0 Å². The number of nitrogens with zero attached hydrogens (tertiary/aromatic N) is 1. The second kappa shape index (κ2) is 6.10. The van der Waals surface area contributed by atoms with Crippen LogP contribution in [0.4, 0.5) is 4.79 Å². The van der Waals surface area contributed by atoms with E-state index in [0.29, 0.717) is 18.6 Å². The lowest BCUT2D eigenvalue weighted by Gasteiger charge is -2.21. The molecule has 1 spiro atoms. The van der Waals surface area contributed by atoms with Gasteiger partial charge in [0.15, 0.2) is 0 Å². The first kappa shape index (κ1) is 15.1. The summed E-state index contributed by atoms with van der Waals surface area (Å²) in [5.74, 6) is 0.437. The Morgan fingerprint density at radius 2 is 2.18 bits per heavy atom. The van der Waals surface area contributed by atoms with Gasteiger partial charge in [-0.25, -0.2) is 4.79 Å². The summed E-state index contributed by atoms with van der Waals surface area (Å²) in [6, 6.07) is 3.11. The average molecular weight is 308 g/mol. The molecule has 3 rings (SSSR count). The van der Waals surface area contributed by atoms with Gasteiger partial charge in [0.05, 0.1) is 25.5 Å². The van der Waals surface area contributed by atoms with Crippen LogP contribution in [0, 0.1) is 0 Å². The molecule has 0 radical (unpaired) electrons. The SMILES string of the molecule is O=C1NC2(CCCC2)C(=O)N1C[C@H](O)COCc1ccco1. The summed E-state index contributed by atoms with van der Waals surface area (Å²) in [6.45, 7) is 0.226. The highest BCUT2D eigenvalue weighted by Gasteiger charge is 2.52. The van der Waals surface area contributed by atoms with E-state index in [4.69, 9.17) is 9.15 Å². The highest BCUT2D eigenvalue weighted by Crippen LogP contribution is 2.35. The number of furan rings is 1. The highest BCUT2D eigenvalue weighted by atomic mass is 16.5. The van der Waals surface area contributed by atoms with Crippen molar-refractivity contribution in [2.24, 2.45) is 0 Å². The summed E-state index contributed by atoms with van der Waals surface area (Å²) < 4.78 is 10.4. The Balaban J connectivity index is 1.49. The predicted octanol–water partition coefficient (Wildman–Crippen LogP) is 1.02. The lowest BCUT2D eigenvalue weighted by atomic mass is 9.98. The van der Waals surface area contributed by atoms with E-state index in [0.717, 1.165) is 17.7 Å². The number of urea groups is 1. The summed E-state index contributed by atoms with van der Waals surface area (Å²) >= 11 is 0. The van der Waals surface area contributed by atoms with Crippen molar-refractivity contribution >= 4 is 11.9 Å². The predicted molar refractivity (Wildman–Crippen MR) is 75.8 cm³/mol. The number of aliphatic hydroxyl groups is 1. The van der Waals surface area contributed by atoms with Gasteiger partial charge in [-0.05, 0) is 25.0 Å². The maximum absolute atomic E-state index is 12.4. The standard InChI is InChI=1S/C15H20N2O5/c18-11(9-21-10-12-4-3-7-22-12)8-17-13(19)15(16-14(17)20)5-1-2-6-15/h3-4,7,11,18H,1-2,5-6,8-10H2,(H,16,20)/t11-/m0/s1. The summed E-state index contributed by atoms with van der Waals surface area (Å²) in [6.07, 6.45) is 3.87. The van der Waals surface area contributed by atoms with Gasteiger partial charge in [-0.15, -0.1) is 0 Å². The molecule has 7 heteroatoms. The van der Waals surface area contributed by atoms with E-state index in [9.17, 15) is 14.7 Å². The minimum Gasteiger partial charge on any atom is -0.467 e. The van der Waals surface area contributed by atoms with Crippen molar-refractivity contribution in [1.82, 2.24) is 10.2 Å². The average Bonchev–Trinajstić information content (AvgIpc) is 3.19. The summed E-state index contributed by atoms with van der Waals surface area (Å²) in [5, 5.41) is 12.8. The number of β-amino-alcohol motifs (C(OH)–C–C–N with tert-alkyl or cyclic N) is 1. The minimum atomic E-state index is -0.916. The monoisotopic (exact) mass is 308 g/mol. The Kier molecular flexibility index (Phi) is 4.17. The van der Waals surface area contributed by atoms with Crippen molar-refractivity contribution in [2.45, 2.75) is 43.9 Å². The Hall–Kier alpha value is -1.86. The first-order chi connectivity index (χ1) is 10.6. The molecule has 2 N–H and O–H groups in total. The van der Waals surface area contributed by atoms with Crippen LogP contribution in [-0.4, -0.2) is 46.7 Å². The van der Waals surface area contributed by atoms with Crippen LogP contribution in [0.5, 0.6) is 0 Å². The van der Waals surface area contributed by atoms with Crippen LogP contribution >= 0.6 is 0 Å². The van der Waals surface area contributed by atoms with Gasteiger partial charge in [0.1, 0.15) is 17.9 Å². The molecule has 1 saturated heterocycles. The van der Waals surface area contributed by atoms with E-state index in [1.54, 1.807) is 18.4 Å². The normalized spacial score (nSPS) is 21.6. The smallest absolute Gasteiger partial charge is 0.325 e. The first-order valence-corrected chi connectivity index (χ1v) is 7.53. The zero-order chi connectivity index (χ0) is 15.6. The largest absolute Gasteiger partial charge is 0.467 e. The second-order valence-electron chi connectivity index (χ2n) is 5.88. The third-order valence-corrected chi connectivity index (χ3v) is 4.23. The number of imide groups is 1. The third kappa shape index (κ3) is 2.86. The van der Waals surface area contributed by atoms with Crippen molar-refractivity contribution in [3.63, 3.8) is 0 Å². The fourth-order valence-electron chi connectivity index (χ4n) is 3.11. The molecule has 120 valence electrons. The van der Waals surface area contributed by atoms with Gasteiger partial charge in [-0.1, -0.05) is 12.8 Å². The summed E-state index contributed by atoms with van der Waals surface area (Å²) in [7, 11) is 0. The Bertz CT molecular complexity index is 536. The maximum Gasteiger partial charge on any atom is 0.325 e. The van der Waals surface area contributed by atoms with Crippen LogP contribution in [0.15, 0.2) is 22.8 Å². The number of ether oxygens (including phenoxy) is 1. The molecule has 1 aliphatic heterocycles. The van der Waals surface area contributed by atoms with Crippen LogP contribution in [0.3, 0.4) is 0 Å². The van der Waals surface area contributed by atoms with Gasteiger partial charge in [0.2, 0.25) is 0 Å². The summed E-state index contributed by atoms with van der Waals surface area (Å²) in [4.78, 5) is 25.5. The van der Waals surface area contributed by atoms with Crippen molar-refractivity contribution in [3.05, 3.63) is 24.2 Å². The zero-order valence-corrected chi connectivity index (χ0v) is 12.3. The van der Waals surface area contributed by atoms with E-state index >= 15 is 0 Å². The van der Waals surface area contributed by atoms with Crippen molar-refractivity contribution in [2.75, 3.05) is 13.2 Å². The molecule has 0 aromatic carbocycles. The molecule has 3 amide bonds. The number of rotatable bonds is 6. The summed E-state index contributed by atoms with van der Waals surface area (Å²) in [5.41, 5.74) is -0.730. The topological polar surface area (TPSA) is 92.0 Å². The molecular formula is C15H20N2O5. The third-order valence-electron chi connectivity index (χ3n) is 4.23. The Labute approximate surface area is 128 Å². The molecule has 1 aromatic heterocycles. The van der Waals surface area contributed by atoms with E-state index in [-0.39, 0.29) is 25.7 Å². The van der Waals surface area contributed by atoms with Crippen LogP contribution in [-0.2, 0) is 16.1 Å². The molecule has 1 aromatic rings. The van der Waals surface area contributed by atoms with Crippen LogP contribution < -0.4 is 5.32 Å². The number of aliphatic hydroxyl groups excluding tert-OH is 1. The van der Waals surface area contributed by atoms with Gasteiger partial charge in [0, 0.05) is 0 Å². The second-order valence-corrected chi connectivity index (χ2v) is 5.88. The fourth-order valence-corrected chi connectivity index (χ4v) is 3.11. The van der Waals surface area contributed by atoms with E-state index < -0.39 is 17.7 Å². The van der Waals surface area contributed by atoms with Crippen LogP contribution in [0.25, 0.3) is 0 Å². The maximum atomic E-state index is 12.4. The lowest BCUT2D eigenvalue weighted by Crippen LogP contribution is -2.45. The quantitative estimate of drug-likeness (QED) is 0.766. The lowest BCUT2D eigenvalue weighted by molar-refractivity contribution is -0.132. The number of hydrogen-bond acceptors (Lipinski definition) is 5. The minimum absolute atomic E-state index is 0.0325. The molecule has 0 unspecified atom stereocenters. The van der Waals surface area contributed by atoms with Crippen LogP contribution in [0.2, 0.25) is 0 Å².